The number of aromatic nitrogens is 5. The summed E-state index contributed by atoms with van der Waals surface area (Å²) in [6.45, 7) is 8.29. The van der Waals surface area contributed by atoms with Gasteiger partial charge in [-0.05, 0) is 42.7 Å². The first-order valence-electron chi connectivity index (χ1n) is 13.4. The third kappa shape index (κ3) is 6.54. The number of nitrogens with zero attached hydrogens (tertiary/aromatic N) is 6. The molecule has 0 amide bonds. The maximum absolute atomic E-state index is 14.3. The molecule has 1 unspecified atom stereocenters. The van der Waals surface area contributed by atoms with Crippen molar-refractivity contribution in [3.8, 4) is 6.07 Å². The Morgan fingerprint density at radius 1 is 1.09 bits per heavy atom. The van der Waals surface area contributed by atoms with Gasteiger partial charge in [-0.3, -0.25) is 4.98 Å². The van der Waals surface area contributed by atoms with Crippen LogP contribution in [0, 0.1) is 41.3 Å². The van der Waals surface area contributed by atoms with E-state index in [1.54, 1.807) is 25.3 Å². The van der Waals surface area contributed by atoms with E-state index in [1.807, 2.05) is 6.07 Å². The highest BCUT2D eigenvalue weighted by Gasteiger charge is 2.23. The highest BCUT2D eigenvalue weighted by molar-refractivity contribution is 6.35. The van der Waals surface area contributed by atoms with Crippen LogP contribution >= 0.6 is 11.6 Å². The number of hydrogen-bond acceptors (Lipinski definition) is 7. The minimum absolute atomic E-state index is 0.0718. The van der Waals surface area contributed by atoms with Gasteiger partial charge in [-0.25, -0.2) is 18.4 Å². The molecule has 43 heavy (non-hydrogen) atoms. The Hall–Kier alpha value is -4.69. The van der Waals surface area contributed by atoms with Gasteiger partial charge in [-0.2, -0.15) is 9.65 Å². The first-order chi connectivity index (χ1) is 20.4. The quantitative estimate of drug-likeness (QED) is 0.181. The monoisotopic (exact) mass is 604 g/mol. The van der Waals surface area contributed by atoms with E-state index in [0.29, 0.717) is 56.4 Å². The van der Waals surface area contributed by atoms with Crippen LogP contribution in [0.25, 0.3) is 10.9 Å². The number of nitrogens with one attached hydrogen (secondary N) is 2. The minimum Gasteiger partial charge on any atom is -0.383 e. The van der Waals surface area contributed by atoms with Crippen molar-refractivity contribution in [1.82, 2.24) is 25.0 Å². The summed E-state index contributed by atoms with van der Waals surface area (Å²) in [6, 6.07) is 11.5. The van der Waals surface area contributed by atoms with E-state index < -0.39 is 23.6 Å². The number of hydrogen-bond donors (Lipinski definition) is 2. The molecule has 0 aliphatic rings. The minimum atomic E-state index is -0.709. The molecule has 5 rings (SSSR count). The van der Waals surface area contributed by atoms with Gasteiger partial charge >= 0.3 is 0 Å². The van der Waals surface area contributed by atoms with Crippen molar-refractivity contribution < 1.29 is 13.2 Å². The van der Waals surface area contributed by atoms with Crippen LogP contribution in [0.2, 0.25) is 5.02 Å². The van der Waals surface area contributed by atoms with E-state index in [1.165, 1.54) is 35.1 Å². The van der Waals surface area contributed by atoms with Crippen molar-refractivity contribution in [2.45, 2.75) is 40.3 Å². The maximum atomic E-state index is 14.3. The Kier molecular flexibility index (Phi) is 8.24. The molecule has 5 aromatic rings. The smallest absolute Gasteiger partial charge is 0.213 e. The molecule has 2 aromatic carbocycles. The normalized spacial score (nSPS) is 12.3. The van der Waals surface area contributed by atoms with Crippen LogP contribution in [-0.2, 0) is 6.54 Å². The van der Waals surface area contributed by atoms with Crippen molar-refractivity contribution in [1.29, 1.82) is 5.26 Å². The number of pyridine rings is 2. The SMILES string of the molecule is Cc1nc(F)ccc1C(Nc1cc(Cl)c2ncc(C#N)c(NCC(C)(C)C)c2c1)c1cn(Cc2c(F)cccc2F)nn1. The average Bonchev–Trinajstić information content (AvgIpc) is 3.41. The zero-order valence-corrected chi connectivity index (χ0v) is 24.6. The number of rotatable bonds is 8. The molecule has 1 atom stereocenters. The fraction of sp³-hybridized carbons (Fsp3) is 0.258. The van der Waals surface area contributed by atoms with Crippen LogP contribution in [0.5, 0.6) is 0 Å². The van der Waals surface area contributed by atoms with E-state index >= 15 is 0 Å². The van der Waals surface area contributed by atoms with Crippen LogP contribution in [0.15, 0.2) is 54.9 Å². The third-order valence-electron chi connectivity index (χ3n) is 6.79. The standard InChI is InChI=1S/C31H28ClF3N8/c1-17-20(8-9-27(35)39-17)30(26-15-43(42-41-26)14-22-24(33)6-5-7-25(22)34)40-19-10-21-28(38-16-31(2,3)4)18(12-36)13-37-29(21)23(32)11-19/h5-11,13,15,30,40H,14,16H2,1-4H3,(H,37,38). The van der Waals surface area contributed by atoms with Gasteiger partial charge in [0.25, 0.3) is 0 Å². The summed E-state index contributed by atoms with van der Waals surface area (Å²) in [5.74, 6) is -2.04. The molecular weight excluding hydrogens is 577 g/mol. The molecule has 8 nitrogen and oxygen atoms in total. The molecule has 0 spiro atoms. The fourth-order valence-electron chi connectivity index (χ4n) is 4.66. The predicted molar refractivity (Wildman–Crippen MR) is 159 cm³/mol. The summed E-state index contributed by atoms with van der Waals surface area (Å²) in [6.07, 6.45) is 3.04. The molecule has 2 N–H and O–H groups in total. The van der Waals surface area contributed by atoms with Gasteiger partial charge in [0, 0.05) is 40.6 Å². The van der Waals surface area contributed by atoms with Crippen LogP contribution in [0.4, 0.5) is 24.5 Å². The number of benzene rings is 2. The second-order valence-corrected chi connectivity index (χ2v) is 11.8. The van der Waals surface area contributed by atoms with Gasteiger partial charge in [0.15, 0.2) is 0 Å². The van der Waals surface area contributed by atoms with Gasteiger partial charge < -0.3 is 10.6 Å². The van der Waals surface area contributed by atoms with E-state index in [2.05, 4.69) is 57.8 Å². The topological polar surface area (TPSA) is 104 Å². The second kappa shape index (κ2) is 11.9. The van der Waals surface area contributed by atoms with Gasteiger partial charge in [-0.15, -0.1) is 5.10 Å². The molecule has 0 fully saturated rings. The van der Waals surface area contributed by atoms with Crippen LogP contribution in [-0.4, -0.2) is 31.5 Å². The highest BCUT2D eigenvalue weighted by Crippen LogP contribution is 2.36. The van der Waals surface area contributed by atoms with Crippen molar-refractivity contribution in [2.75, 3.05) is 17.2 Å². The molecule has 0 saturated heterocycles. The van der Waals surface area contributed by atoms with E-state index in [4.69, 9.17) is 11.6 Å². The molecule has 12 heteroatoms. The lowest BCUT2D eigenvalue weighted by Gasteiger charge is -2.23. The Labute approximate surface area is 251 Å². The van der Waals surface area contributed by atoms with Crippen molar-refractivity contribution in [2.24, 2.45) is 5.41 Å². The van der Waals surface area contributed by atoms with Crippen molar-refractivity contribution in [3.63, 3.8) is 0 Å². The summed E-state index contributed by atoms with van der Waals surface area (Å²) in [5.41, 5.74) is 3.19. The predicted octanol–water partition coefficient (Wildman–Crippen LogP) is 7.18. The molecule has 3 aromatic heterocycles. The van der Waals surface area contributed by atoms with Crippen LogP contribution < -0.4 is 10.6 Å². The average molecular weight is 605 g/mol. The molecule has 0 saturated carbocycles. The largest absolute Gasteiger partial charge is 0.383 e. The summed E-state index contributed by atoms with van der Waals surface area (Å²) in [5, 5.41) is 25.9. The summed E-state index contributed by atoms with van der Waals surface area (Å²) < 4.78 is 43.9. The third-order valence-corrected chi connectivity index (χ3v) is 7.08. The van der Waals surface area contributed by atoms with E-state index in [0.717, 1.165) is 0 Å². The van der Waals surface area contributed by atoms with E-state index in [9.17, 15) is 18.4 Å². The lowest BCUT2D eigenvalue weighted by atomic mass is 9.96. The molecule has 3 heterocycles. The molecule has 0 aliphatic heterocycles. The van der Waals surface area contributed by atoms with Gasteiger partial charge in [0.05, 0.1) is 40.6 Å². The molecule has 0 aliphatic carbocycles. The summed E-state index contributed by atoms with van der Waals surface area (Å²) >= 11 is 6.69. The van der Waals surface area contributed by atoms with Crippen LogP contribution in [0.1, 0.15) is 54.9 Å². The van der Waals surface area contributed by atoms with Crippen molar-refractivity contribution in [3.05, 3.63) is 106 Å². The second-order valence-electron chi connectivity index (χ2n) is 11.4. The number of aryl methyl sites for hydroxylation is 1. The van der Waals surface area contributed by atoms with E-state index in [-0.39, 0.29) is 17.5 Å². The highest BCUT2D eigenvalue weighted by atomic mass is 35.5. The zero-order valence-electron chi connectivity index (χ0n) is 23.9. The Bertz CT molecular complexity index is 1840. The molecule has 220 valence electrons. The number of nitriles is 1. The number of halogens is 4. The zero-order chi connectivity index (χ0) is 30.9. The Balaban J connectivity index is 1.58. The van der Waals surface area contributed by atoms with Gasteiger partial charge in [0.1, 0.15) is 23.4 Å². The summed E-state index contributed by atoms with van der Waals surface area (Å²) in [7, 11) is 0. The lowest BCUT2D eigenvalue weighted by Crippen LogP contribution is -2.20. The molecule has 0 bridgehead atoms. The van der Waals surface area contributed by atoms with Crippen molar-refractivity contribution >= 4 is 33.9 Å². The number of anilines is 2. The first kappa shape index (κ1) is 29.8. The lowest BCUT2D eigenvalue weighted by molar-refractivity contribution is 0.443. The molecule has 0 radical (unpaired) electrons. The number of fused-ring (bicyclic) bond motifs is 1. The fourth-order valence-corrected chi connectivity index (χ4v) is 4.93. The maximum Gasteiger partial charge on any atom is 0.213 e. The molecular formula is C31H28ClF3N8. The first-order valence-corrected chi connectivity index (χ1v) is 13.8. The summed E-state index contributed by atoms with van der Waals surface area (Å²) in [4.78, 5) is 8.38. The van der Waals surface area contributed by atoms with Crippen LogP contribution in [0.3, 0.4) is 0 Å². The van der Waals surface area contributed by atoms with Gasteiger partial charge in [-0.1, -0.05) is 49.7 Å². The Morgan fingerprint density at radius 3 is 2.51 bits per heavy atom. The van der Waals surface area contributed by atoms with Gasteiger partial charge in [0.2, 0.25) is 5.95 Å². The Morgan fingerprint density at radius 2 is 1.84 bits per heavy atom.